The van der Waals surface area contributed by atoms with Crippen molar-refractivity contribution in [3.05, 3.63) is 21.9 Å². The van der Waals surface area contributed by atoms with E-state index in [1.165, 1.54) is 4.88 Å². The second-order valence-electron chi connectivity index (χ2n) is 4.69. The molecule has 1 heterocycles. The minimum atomic E-state index is -0.228. The molecule has 1 aliphatic rings. The maximum absolute atomic E-state index is 10.0. The minimum Gasteiger partial charge on any atom is -0.387 e. The normalized spacial score (nSPS) is 27.2. The highest BCUT2D eigenvalue weighted by Crippen LogP contribution is 2.58. The van der Waals surface area contributed by atoms with E-state index in [0.29, 0.717) is 11.3 Å². The predicted molar refractivity (Wildman–Crippen MR) is 55.9 cm³/mol. The number of aliphatic hydroxyl groups excluding tert-OH is 1. The Labute approximate surface area is 83.4 Å². The van der Waals surface area contributed by atoms with Crippen LogP contribution in [0.15, 0.2) is 12.1 Å². The van der Waals surface area contributed by atoms with E-state index in [1.807, 2.05) is 0 Å². The fraction of sp³-hybridized carbons (Fsp3) is 0.636. The van der Waals surface area contributed by atoms with Crippen LogP contribution in [-0.2, 0) is 0 Å². The van der Waals surface area contributed by atoms with Gasteiger partial charge in [0, 0.05) is 9.75 Å². The first kappa shape index (κ1) is 9.22. The highest BCUT2D eigenvalue weighted by molar-refractivity contribution is 7.12. The van der Waals surface area contributed by atoms with Crippen LogP contribution in [0.2, 0.25) is 0 Å². The van der Waals surface area contributed by atoms with Crippen molar-refractivity contribution in [1.29, 1.82) is 0 Å². The summed E-state index contributed by atoms with van der Waals surface area (Å²) in [6.45, 7) is 6.53. The van der Waals surface area contributed by atoms with E-state index in [4.69, 9.17) is 0 Å². The van der Waals surface area contributed by atoms with Gasteiger partial charge >= 0.3 is 0 Å². The number of aliphatic hydroxyl groups is 1. The Balaban J connectivity index is 2.11. The van der Waals surface area contributed by atoms with Gasteiger partial charge in [-0.2, -0.15) is 0 Å². The average Bonchev–Trinajstić information content (AvgIpc) is 2.47. The van der Waals surface area contributed by atoms with Gasteiger partial charge in [0.15, 0.2) is 0 Å². The van der Waals surface area contributed by atoms with Crippen LogP contribution in [0.1, 0.15) is 36.1 Å². The van der Waals surface area contributed by atoms with Crippen LogP contribution in [0.3, 0.4) is 0 Å². The molecule has 0 aromatic carbocycles. The van der Waals surface area contributed by atoms with Crippen molar-refractivity contribution in [2.75, 3.05) is 0 Å². The molecule has 1 aromatic heterocycles. The van der Waals surface area contributed by atoms with Crippen LogP contribution in [-0.4, -0.2) is 5.11 Å². The Morgan fingerprint density at radius 3 is 2.54 bits per heavy atom. The largest absolute Gasteiger partial charge is 0.387 e. The molecule has 1 nitrogen and oxygen atoms in total. The molecule has 13 heavy (non-hydrogen) atoms. The van der Waals surface area contributed by atoms with Crippen molar-refractivity contribution in [1.82, 2.24) is 0 Å². The number of thiophene rings is 1. The number of hydrogen-bond donors (Lipinski definition) is 1. The second-order valence-corrected chi connectivity index (χ2v) is 6.01. The molecule has 1 aliphatic carbocycles. The zero-order chi connectivity index (χ0) is 9.64. The standard InChI is InChI=1S/C11H16OS/c1-7-4-5-9(13-7)10(12)8-6-11(8,2)3/h4-5,8,10,12H,6H2,1-3H3. The summed E-state index contributed by atoms with van der Waals surface area (Å²) in [4.78, 5) is 2.42. The molecule has 2 rings (SSSR count). The van der Waals surface area contributed by atoms with Gasteiger partial charge in [0.25, 0.3) is 0 Å². The van der Waals surface area contributed by atoms with Crippen LogP contribution in [0.5, 0.6) is 0 Å². The molecule has 0 amide bonds. The molecular formula is C11H16OS. The zero-order valence-electron chi connectivity index (χ0n) is 8.37. The van der Waals surface area contributed by atoms with Crippen LogP contribution in [0.4, 0.5) is 0 Å². The molecule has 2 heteroatoms. The van der Waals surface area contributed by atoms with Gasteiger partial charge in [0.1, 0.15) is 0 Å². The number of aryl methyl sites for hydroxylation is 1. The number of rotatable bonds is 2. The summed E-state index contributed by atoms with van der Waals surface area (Å²) in [6, 6.07) is 4.14. The molecule has 0 radical (unpaired) electrons. The van der Waals surface area contributed by atoms with E-state index in [1.54, 1.807) is 11.3 Å². The first-order valence-electron chi connectivity index (χ1n) is 4.75. The fourth-order valence-electron chi connectivity index (χ4n) is 1.86. The third-order valence-electron chi connectivity index (χ3n) is 3.02. The van der Waals surface area contributed by atoms with Gasteiger partial charge in [0.2, 0.25) is 0 Å². The van der Waals surface area contributed by atoms with Crippen molar-refractivity contribution in [3.63, 3.8) is 0 Å². The first-order valence-corrected chi connectivity index (χ1v) is 5.57. The maximum atomic E-state index is 10.0. The van der Waals surface area contributed by atoms with Gasteiger partial charge in [-0.1, -0.05) is 13.8 Å². The van der Waals surface area contributed by atoms with Crippen molar-refractivity contribution >= 4 is 11.3 Å². The lowest BCUT2D eigenvalue weighted by molar-refractivity contribution is 0.142. The molecule has 0 aliphatic heterocycles. The van der Waals surface area contributed by atoms with Crippen molar-refractivity contribution in [2.45, 2.75) is 33.3 Å². The summed E-state index contributed by atoms with van der Waals surface area (Å²) in [5.41, 5.74) is 0.358. The summed E-state index contributed by atoms with van der Waals surface area (Å²) < 4.78 is 0. The van der Waals surface area contributed by atoms with Gasteiger partial charge in [-0.05, 0) is 36.8 Å². The second kappa shape index (κ2) is 2.82. The summed E-state index contributed by atoms with van der Waals surface area (Å²) >= 11 is 1.71. The molecule has 1 N–H and O–H groups in total. The summed E-state index contributed by atoms with van der Waals surface area (Å²) in [7, 11) is 0. The molecule has 1 fully saturated rings. The SMILES string of the molecule is Cc1ccc(C(O)C2CC2(C)C)s1. The Morgan fingerprint density at radius 1 is 1.54 bits per heavy atom. The van der Waals surface area contributed by atoms with Crippen molar-refractivity contribution in [3.8, 4) is 0 Å². The van der Waals surface area contributed by atoms with Gasteiger partial charge in [0.05, 0.1) is 6.10 Å². The molecule has 0 bridgehead atoms. The maximum Gasteiger partial charge on any atom is 0.0915 e. The zero-order valence-corrected chi connectivity index (χ0v) is 9.19. The molecular weight excluding hydrogens is 180 g/mol. The van der Waals surface area contributed by atoms with Crippen LogP contribution >= 0.6 is 11.3 Å². The molecule has 1 aromatic rings. The highest BCUT2D eigenvalue weighted by Gasteiger charge is 2.50. The lowest BCUT2D eigenvalue weighted by Crippen LogP contribution is -2.02. The van der Waals surface area contributed by atoms with Gasteiger partial charge < -0.3 is 5.11 Å². The Hall–Kier alpha value is -0.340. The monoisotopic (exact) mass is 196 g/mol. The lowest BCUT2D eigenvalue weighted by Gasteiger charge is -2.09. The van der Waals surface area contributed by atoms with E-state index >= 15 is 0 Å². The van der Waals surface area contributed by atoms with E-state index in [2.05, 4.69) is 32.9 Å². The Kier molecular flexibility index (Phi) is 2.00. The third-order valence-corrected chi connectivity index (χ3v) is 4.09. The predicted octanol–water partition coefficient (Wildman–Crippen LogP) is 3.14. The quantitative estimate of drug-likeness (QED) is 0.770. The van der Waals surface area contributed by atoms with E-state index < -0.39 is 0 Å². The van der Waals surface area contributed by atoms with Crippen molar-refractivity contribution in [2.24, 2.45) is 11.3 Å². The fourth-order valence-corrected chi connectivity index (χ4v) is 2.79. The van der Waals surface area contributed by atoms with E-state index in [0.717, 1.165) is 11.3 Å². The van der Waals surface area contributed by atoms with Crippen LogP contribution < -0.4 is 0 Å². The summed E-state index contributed by atoms with van der Waals surface area (Å²) in [5, 5.41) is 10.0. The minimum absolute atomic E-state index is 0.228. The van der Waals surface area contributed by atoms with E-state index in [-0.39, 0.29) is 6.10 Å². The van der Waals surface area contributed by atoms with E-state index in [9.17, 15) is 5.11 Å². The first-order chi connectivity index (χ1) is 6.00. The molecule has 72 valence electrons. The summed E-state index contributed by atoms with van der Waals surface area (Å²) in [6.07, 6.45) is 0.930. The van der Waals surface area contributed by atoms with Gasteiger partial charge in [-0.25, -0.2) is 0 Å². The highest BCUT2D eigenvalue weighted by atomic mass is 32.1. The average molecular weight is 196 g/mol. The van der Waals surface area contributed by atoms with Gasteiger partial charge in [-0.3, -0.25) is 0 Å². The molecule has 2 atom stereocenters. The Bertz CT molecular complexity index is 314. The van der Waals surface area contributed by atoms with Crippen LogP contribution in [0.25, 0.3) is 0 Å². The third kappa shape index (κ3) is 1.65. The summed E-state index contributed by atoms with van der Waals surface area (Å²) in [5.74, 6) is 0.477. The van der Waals surface area contributed by atoms with Crippen molar-refractivity contribution < 1.29 is 5.11 Å². The Morgan fingerprint density at radius 2 is 2.15 bits per heavy atom. The van der Waals surface area contributed by atoms with Gasteiger partial charge in [-0.15, -0.1) is 11.3 Å². The number of hydrogen-bond acceptors (Lipinski definition) is 2. The lowest BCUT2D eigenvalue weighted by atomic mass is 10.1. The smallest absolute Gasteiger partial charge is 0.0915 e. The molecule has 2 unspecified atom stereocenters. The molecule has 0 saturated heterocycles. The van der Waals surface area contributed by atoms with Crippen LogP contribution in [0, 0.1) is 18.3 Å². The topological polar surface area (TPSA) is 20.2 Å². The molecule has 1 saturated carbocycles. The molecule has 0 spiro atoms.